The quantitative estimate of drug-likeness (QED) is 0.561. The van der Waals surface area contributed by atoms with Crippen LogP contribution in [0.2, 0.25) is 0 Å². The van der Waals surface area contributed by atoms with Gasteiger partial charge in [0.05, 0.1) is 6.61 Å². The van der Waals surface area contributed by atoms with Gasteiger partial charge in [0.25, 0.3) is 5.56 Å². The van der Waals surface area contributed by atoms with E-state index < -0.39 is 11.7 Å². The van der Waals surface area contributed by atoms with Crippen molar-refractivity contribution in [3.63, 3.8) is 0 Å². The Hall–Kier alpha value is -2.90. The monoisotopic (exact) mass is 375 g/mol. The van der Waals surface area contributed by atoms with Crippen molar-refractivity contribution in [1.82, 2.24) is 14.9 Å². The van der Waals surface area contributed by atoms with Crippen LogP contribution in [0.15, 0.2) is 29.1 Å². The fourth-order valence-electron chi connectivity index (χ4n) is 2.38. The molecule has 0 aliphatic rings. The SMILES string of the molecule is CC(C)(C)OC(=O)NCCCOc1ccc2ccc(=O)n(CCC=O)c2n1. The number of hydrogen-bond donors (Lipinski definition) is 1. The second kappa shape index (κ2) is 9.16. The molecule has 8 nitrogen and oxygen atoms in total. The average molecular weight is 375 g/mol. The van der Waals surface area contributed by atoms with Crippen LogP contribution in [-0.4, -0.2) is 40.7 Å². The predicted octanol–water partition coefficient (Wildman–Crippen LogP) is 2.28. The van der Waals surface area contributed by atoms with Crippen molar-refractivity contribution >= 4 is 23.4 Å². The first-order chi connectivity index (χ1) is 12.8. The number of carbonyl (C=O) groups excluding carboxylic acids is 2. The highest BCUT2D eigenvalue weighted by atomic mass is 16.6. The van der Waals surface area contributed by atoms with Gasteiger partial charge in [-0.15, -0.1) is 0 Å². The molecule has 0 saturated heterocycles. The zero-order chi connectivity index (χ0) is 19.9. The Bertz CT molecular complexity index is 855. The minimum Gasteiger partial charge on any atom is -0.478 e. The maximum absolute atomic E-state index is 12.0. The zero-order valence-electron chi connectivity index (χ0n) is 15.9. The number of rotatable bonds is 8. The lowest BCUT2D eigenvalue weighted by Crippen LogP contribution is -2.33. The lowest BCUT2D eigenvalue weighted by Gasteiger charge is -2.19. The van der Waals surface area contributed by atoms with Crippen LogP contribution in [0.1, 0.15) is 33.6 Å². The van der Waals surface area contributed by atoms with Gasteiger partial charge in [-0.25, -0.2) is 4.79 Å². The molecule has 0 unspecified atom stereocenters. The number of nitrogens with zero attached hydrogens (tertiary/aromatic N) is 2. The molecule has 2 heterocycles. The van der Waals surface area contributed by atoms with Crippen LogP contribution in [0, 0.1) is 0 Å². The van der Waals surface area contributed by atoms with Crippen LogP contribution in [0.4, 0.5) is 4.79 Å². The number of hydrogen-bond acceptors (Lipinski definition) is 6. The Balaban J connectivity index is 1.92. The highest BCUT2D eigenvalue weighted by Gasteiger charge is 2.15. The number of pyridine rings is 2. The minimum atomic E-state index is -0.533. The topological polar surface area (TPSA) is 99.5 Å². The third-order valence-corrected chi connectivity index (χ3v) is 3.52. The number of aryl methyl sites for hydroxylation is 1. The molecule has 27 heavy (non-hydrogen) atoms. The number of carbonyl (C=O) groups is 2. The first-order valence-corrected chi connectivity index (χ1v) is 8.84. The molecule has 0 fully saturated rings. The molecule has 1 N–H and O–H groups in total. The maximum atomic E-state index is 12.0. The van der Waals surface area contributed by atoms with Gasteiger partial charge in [-0.3, -0.25) is 9.36 Å². The van der Waals surface area contributed by atoms with Gasteiger partial charge in [0.15, 0.2) is 0 Å². The molecule has 0 saturated carbocycles. The maximum Gasteiger partial charge on any atom is 0.407 e. The van der Waals surface area contributed by atoms with Gasteiger partial charge < -0.3 is 19.6 Å². The van der Waals surface area contributed by atoms with Crippen molar-refractivity contribution in [2.45, 2.75) is 45.8 Å². The molecule has 0 aromatic carbocycles. The number of aldehydes is 1. The van der Waals surface area contributed by atoms with E-state index in [1.807, 2.05) is 6.07 Å². The Kier molecular flexibility index (Phi) is 6.92. The number of aromatic nitrogens is 2. The van der Waals surface area contributed by atoms with Crippen molar-refractivity contribution in [3.05, 3.63) is 34.6 Å². The second-order valence-corrected chi connectivity index (χ2v) is 6.97. The molecule has 1 amide bonds. The standard InChI is InChI=1S/C19H25N3O5/c1-19(2,3)27-18(25)20-10-4-13-26-15-8-6-14-7-9-16(24)22(11-5-12-23)17(14)21-15/h6-9,12H,4-5,10-11,13H2,1-3H3,(H,20,25). The normalized spacial score (nSPS) is 11.2. The summed E-state index contributed by atoms with van der Waals surface area (Å²) in [6.45, 7) is 6.43. The minimum absolute atomic E-state index is 0.212. The number of nitrogens with one attached hydrogen (secondary N) is 1. The molecule has 2 rings (SSSR count). The van der Waals surface area contributed by atoms with Gasteiger partial charge in [-0.2, -0.15) is 4.98 Å². The molecule has 8 heteroatoms. The van der Waals surface area contributed by atoms with Gasteiger partial charge >= 0.3 is 6.09 Å². The lowest BCUT2D eigenvalue weighted by molar-refractivity contribution is -0.108. The number of alkyl carbamates (subject to hydrolysis) is 1. The highest BCUT2D eigenvalue weighted by molar-refractivity contribution is 5.75. The van der Waals surface area contributed by atoms with Gasteiger partial charge in [0.1, 0.15) is 17.5 Å². The third-order valence-electron chi connectivity index (χ3n) is 3.52. The van der Waals surface area contributed by atoms with Crippen molar-refractivity contribution in [1.29, 1.82) is 0 Å². The summed E-state index contributed by atoms with van der Waals surface area (Å²) in [6.07, 6.45) is 1.11. The molecule has 0 bridgehead atoms. The van der Waals surface area contributed by atoms with E-state index in [-0.39, 0.29) is 18.5 Å². The predicted molar refractivity (Wildman–Crippen MR) is 101 cm³/mol. The summed E-state index contributed by atoms with van der Waals surface area (Å²) < 4.78 is 12.2. The summed E-state index contributed by atoms with van der Waals surface area (Å²) in [5.74, 6) is 0.380. The molecule has 0 spiro atoms. The van der Waals surface area contributed by atoms with Crippen LogP contribution >= 0.6 is 0 Å². The van der Waals surface area contributed by atoms with Crippen LogP contribution in [0.3, 0.4) is 0 Å². The average Bonchev–Trinajstić information content (AvgIpc) is 2.59. The molecule has 2 aromatic rings. The van der Waals surface area contributed by atoms with Crippen molar-refractivity contribution in [2.75, 3.05) is 13.2 Å². The molecule has 146 valence electrons. The molecule has 0 aliphatic heterocycles. The summed E-state index contributed by atoms with van der Waals surface area (Å²) in [7, 11) is 0. The Labute approximate surface area is 157 Å². The van der Waals surface area contributed by atoms with Crippen molar-refractivity contribution in [3.8, 4) is 5.88 Å². The molecule has 2 aromatic heterocycles. The largest absolute Gasteiger partial charge is 0.478 e. The zero-order valence-corrected chi connectivity index (χ0v) is 15.9. The molecule has 0 atom stereocenters. The van der Waals surface area contributed by atoms with Gasteiger partial charge in [-0.1, -0.05) is 0 Å². The van der Waals surface area contributed by atoms with Gasteiger partial charge in [-0.05, 0) is 39.3 Å². The number of fused-ring (bicyclic) bond motifs is 1. The number of ether oxygens (including phenoxy) is 2. The first kappa shape index (κ1) is 20.4. The summed E-state index contributed by atoms with van der Waals surface area (Å²) in [6, 6.07) is 6.68. The van der Waals surface area contributed by atoms with E-state index in [9.17, 15) is 14.4 Å². The first-order valence-electron chi connectivity index (χ1n) is 8.84. The Morgan fingerprint density at radius 2 is 2.00 bits per heavy atom. The van der Waals surface area contributed by atoms with E-state index in [4.69, 9.17) is 9.47 Å². The number of amides is 1. The molecular formula is C19H25N3O5. The fourth-order valence-corrected chi connectivity index (χ4v) is 2.38. The molecule has 0 radical (unpaired) electrons. The molecule has 0 aliphatic carbocycles. The summed E-state index contributed by atoms with van der Waals surface area (Å²) in [5.41, 5.74) is -0.265. The van der Waals surface area contributed by atoms with Crippen LogP contribution in [0.25, 0.3) is 11.0 Å². The summed E-state index contributed by atoms with van der Waals surface area (Å²) in [5, 5.41) is 3.45. The van der Waals surface area contributed by atoms with Crippen LogP contribution < -0.4 is 15.6 Å². The van der Waals surface area contributed by atoms with E-state index in [1.54, 1.807) is 32.9 Å². The second-order valence-electron chi connectivity index (χ2n) is 6.97. The van der Waals surface area contributed by atoms with Gasteiger partial charge in [0.2, 0.25) is 5.88 Å². The fraction of sp³-hybridized carbons (Fsp3) is 0.474. The summed E-state index contributed by atoms with van der Waals surface area (Å²) >= 11 is 0. The lowest BCUT2D eigenvalue weighted by atomic mass is 10.2. The van der Waals surface area contributed by atoms with E-state index in [0.717, 1.165) is 11.7 Å². The highest BCUT2D eigenvalue weighted by Crippen LogP contribution is 2.15. The Morgan fingerprint density at radius 1 is 1.26 bits per heavy atom. The van der Waals surface area contributed by atoms with E-state index >= 15 is 0 Å². The van der Waals surface area contributed by atoms with E-state index in [1.165, 1.54) is 10.6 Å². The van der Waals surface area contributed by atoms with Crippen LogP contribution in [-0.2, 0) is 16.1 Å². The van der Waals surface area contributed by atoms with Crippen molar-refractivity contribution in [2.24, 2.45) is 0 Å². The van der Waals surface area contributed by atoms with Crippen molar-refractivity contribution < 1.29 is 19.1 Å². The Morgan fingerprint density at radius 3 is 2.70 bits per heavy atom. The van der Waals surface area contributed by atoms with E-state index in [0.29, 0.717) is 31.1 Å². The summed E-state index contributed by atoms with van der Waals surface area (Å²) in [4.78, 5) is 38.6. The third kappa shape index (κ3) is 6.40. The van der Waals surface area contributed by atoms with Crippen LogP contribution in [0.5, 0.6) is 5.88 Å². The van der Waals surface area contributed by atoms with Gasteiger partial charge in [0, 0.05) is 37.0 Å². The smallest absolute Gasteiger partial charge is 0.407 e. The van der Waals surface area contributed by atoms with E-state index in [2.05, 4.69) is 10.3 Å². The molecular weight excluding hydrogens is 350 g/mol.